The van der Waals surface area contributed by atoms with E-state index in [-0.39, 0.29) is 11.2 Å². The van der Waals surface area contributed by atoms with Crippen molar-refractivity contribution in [3.05, 3.63) is 53.1 Å². The second-order valence-electron chi connectivity index (χ2n) is 7.15. The van der Waals surface area contributed by atoms with Gasteiger partial charge in [-0.1, -0.05) is 11.6 Å². The number of nitrogens with zero attached hydrogens (tertiary/aromatic N) is 1. The number of piperazine rings is 1. The van der Waals surface area contributed by atoms with Crippen LogP contribution in [0.2, 0.25) is 5.02 Å². The van der Waals surface area contributed by atoms with Crippen LogP contribution in [0.5, 0.6) is 11.5 Å². The third kappa shape index (κ3) is 4.57. The first-order valence-electron chi connectivity index (χ1n) is 9.51. The Balaban J connectivity index is 1.27. The molecule has 2 aliphatic heterocycles. The van der Waals surface area contributed by atoms with Crippen molar-refractivity contribution in [1.82, 2.24) is 4.90 Å². The summed E-state index contributed by atoms with van der Waals surface area (Å²) in [5.74, 6) is 1.86. The topological polar surface area (TPSA) is 43.2 Å². The Labute approximate surface area is 174 Å². The Bertz CT molecular complexity index is 838. The lowest BCUT2D eigenvalue weighted by Crippen LogP contribution is -3.13. The van der Waals surface area contributed by atoms with E-state index in [4.69, 9.17) is 21.1 Å². The number of amides is 1. The fourth-order valence-electron chi connectivity index (χ4n) is 3.58. The van der Waals surface area contributed by atoms with E-state index in [0.717, 1.165) is 49.1 Å². The number of ether oxygens (including phenoxy) is 2. The van der Waals surface area contributed by atoms with Gasteiger partial charge in [-0.05, 0) is 49.4 Å². The van der Waals surface area contributed by atoms with Gasteiger partial charge in [-0.3, -0.25) is 4.79 Å². The van der Waals surface area contributed by atoms with Gasteiger partial charge < -0.3 is 19.3 Å². The van der Waals surface area contributed by atoms with Crippen LogP contribution in [0.25, 0.3) is 0 Å². The van der Waals surface area contributed by atoms with E-state index in [1.165, 1.54) is 10.5 Å². The number of benzene rings is 2. The van der Waals surface area contributed by atoms with Gasteiger partial charge in [0.25, 0.3) is 0 Å². The zero-order valence-electron chi connectivity index (χ0n) is 15.8. The normalized spacial score (nSPS) is 17.6. The lowest BCUT2D eigenvalue weighted by atomic mass is 10.1. The van der Waals surface area contributed by atoms with Gasteiger partial charge in [-0.15, -0.1) is 11.8 Å². The van der Waals surface area contributed by atoms with Gasteiger partial charge in [0.15, 0.2) is 11.5 Å². The lowest BCUT2D eigenvalue weighted by molar-refractivity contribution is -0.917. The summed E-state index contributed by atoms with van der Waals surface area (Å²) < 4.78 is 10.8. The predicted molar refractivity (Wildman–Crippen MR) is 110 cm³/mol. The highest BCUT2D eigenvalue weighted by molar-refractivity contribution is 8.00. The molecule has 1 fully saturated rings. The van der Waals surface area contributed by atoms with E-state index >= 15 is 0 Å². The third-order valence-electron chi connectivity index (χ3n) is 5.15. The highest BCUT2D eigenvalue weighted by Crippen LogP contribution is 2.32. The zero-order chi connectivity index (χ0) is 19.5. The maximum atomic E-state index is 12.8. The molecule has 0 bridgehead atoms. The molecular weight excluding hydrogens is 396 g/mol. The monoisotopic (exact) mass is 419 g/mol. The van der Waals surface area contributed by atoms with Gasteiger partial charge in [-0.25, -0.2) is 0 Å². The van der Waals surface area contributed by atoms with Crippen molar-refractivity contribution < 1.29 is 19.2 Å². The van der Waals surface area contributed by atoms with Crippen molar-refractivity contribution in [2.75, 3.05) is 33.0 Å². The SMILES string of the molecule is C[C@H](Sc1ccc(Cl)cc1)C(=O)N1CC[NH+](Cc2ccc3c(c2)OCO3)CC1. The number of nitrogens with one attached hydrogen (secondary N) is 1. The Morgan fingerprint density at radius 3 is 2.61 bits per heavy atom. The van der Waals surface area contributed by atoms with Crippen LogP contribution in [-0.4, -0.2) is 49.0 Å². The summed E-state index contributed by atoms with van der Waals surface area (Å²) in [4.78, 5) is 17.4. The first-order valence-corrected chi connectivity index (χ1v) is 10.8. The maximum absolute atomic E-state index is 12.8. The summed E-state index contributed by atoms with van der Waals surface area (Å²) in [6.07, 6.45) is 0. The van der Waals surface area contributed by atoms with Crippen LogP contribution in [0, 0.1) is 0 Å². The number of carbonyl (C=O) groups is 1. The molecule has 28 heavy (non-hydrogen) atoms. The molecular formula is C21H24ClN2O3S+. The van der Waals surface area contributed by atoms with Crippen molar-refractivity contribution in [3.63, 3.8) is 0 Å². The van der Waals surface area contributed by atoms with Crippen LogP contribution in [0.3, 0.4) is 0 Å². The number of carbonyl (C=O) groups excluding carboxylic acids is 1. The summed E-state index contributed by atoms with van der Waals surface area (Å²) in [6, 6.07) is 13.8. The van der Waals surface area contributed by atoms with Crippen molar-refractivity contribution in [3.8, 4) is 11.5 Å². The van der Waals surface area contributed by atoms with E-state index in [0.29, 0.717) is 11.8 Å². The predicted octanol–water partition coefficient (Wildman–Crippen LogP) is 2.48. The number of quaternary nitrogens is 1. The number of rotatable bonds is 5. The van der Waals surface area contributed by atoms with E-state index in [1.54, 1.807) is 11.8 Å². The molecule has 0 unspecified atom stereocenters. The van der Waals surface area contributed by atoms with E-state index in [2.05, 4.69) is 12.1 Å². The minimum absolute atomic E-state index is 0.100. The Morgan fingerprint density at radius 2 is 1.86 bits per heavy atom. The molecule has 0 spiro atoms. The summed E-state index contributed by atoms with van der Waals surface area (Å²) in [5.41, 5.74) is 1.24. The van der Waals surface area contributed by atoms with E-state index < -0.39 is 0 Å². The summed E-state index contributed by atoms with van der Waals surface area (Å²) in [7, 11) is 0. The van der Waals surface area contributed by atoms with Crippen LogP contribution in [0.4, 0.5) is 0 Å². The van der Waals surface area contributed by atoms with Crippen LogP contribution >= 0.6 is 23.4 Å². The zero-order valence-corrected chi connectivity index (χ0v) is 17.4. The molecule has 1 N–H and O–H groups in total. The van der Waals surface area contributed by atoms with Gasteiger partial charge in [0, 0.05) is 15.5 Å². The van der Waals surface area contributed by atoms with Crippen molar-refractivity contribution in [2.24, 2.45) is 0 Å². The largest absolute Gasteiger partial charge is 0.454 e. The Morgan fingerprint density at radius 1 is 1.14 bits per heavy atom. The van der Waals surface area contributed by atoms with Crippen LogP contribution in [0.15, 0.2) is 47.4 Å². The quantitative estimate of drug-likeness (QED) is 0.756. The summed E-state index contributed by atoms with van der Waals surface area (Å²) in [6.45, 7) is 6.73. The molecule has 2 heterocycles. The Kier molecular flexibility index (Phi) is 5.99. The molecule has 1 saturated heterocycles. The smallest absolute Gasteiger partial charge is 0.236 e. The molecule has 4 rings (SSSR count). The summed E-state index contributed by atoms with van der Waals surface area (Å²) in [5, 5.41) is 0.612. The van der Waals surface area contributed by atoms with Crippen LogP contribution < -0.4 is 14.4 Å². The highest BCUT2D eigenvalue weighted by Gasteiger charge is 2.27. The average Bonchev–Trinajstić information content (AvgIpc) is 3.17. The van der Waals surface area contributed by atoms with Crippen molar-refractivity contribution in [2.45, 2.75) is 23.6 Å². The molecule has 1 amide bonds. The van der Waals surface area contributed by atoms with Crippen molar-refractivity contribution >= 4 is 29.3 Å². The standard InChI is InChI=1S/C21H23ClN2O3S/c1-15(28-18-5-3-17(22)4-6-18)21(25)24-10-8-23(9-11-24)13-16-2-7-19-20(12-16)27-14-26-19/h2-7,12,15H,8-11,13-14H2,1H3/p+1/t15-/m0/s1. The maximum Gasteiger partial charge on any atom is 0.236 e. The van der Waals surface area contributed by atoms with Crippen molar-refractivity contribution in [1.29, 1.82) is 0 Å². The van der Waals surface area contributed by atoms with Gasteiger partial charge in [-0.2, -0.15) is 0 Å². The van der Waals surface area contributed by atoms with Gasteiger partial charge in [0.1, 0.15) is 6.54 Å². The van der Waals surface area contributed by atoms with Gasteiger partial charge >= 0.3 is 0 Å². The van der Waals surface area contributed by atoms with E-state index in [1.807, 2.05) is 42.2 Å². The number of fused-ring (bicyclic) bond motifs is 1. The molecule has 0 aliphatic carbocycles. The first-order chi connectivity index (χ1) is 13.6. The second kappa shape index (κ2) is 8.64. The fraction of sp³-hybridized carbons (Fsp3) is 0.381. The summed E-state index contributed by atoms with van der Waals surface area (Å²) >= 11 is 7.52. The van der Waals surface area contributed by atoms with Gasteiger partial charge in [0.2, 0.25) is 12.7 Å². The first kappa shape index (κ1) is 19.4. The number of hydrogen-bond acceptors (Lipinski definition) is 4. The molecule has 1 atom stereocenters. The molecule has 2 aromatic carbocycles. The molecule has 148 valence electrons. The Hall–Kier alpha value is -1.89. The number of hydrogen-bond donors (Lipinski definition) is 1. The van der Waals surface area contributed by atoms with Gasteiger partial charge in [0.05, 0.1) is 31.4 Å². The molecule has 5 nitrogen and oxygen atoms in total. The second-order valence-corrected chi connectivity index (χ2v) is 9.00. The molecule has 0 saturated carbocycles. The number of thioether (sulfide) groups is 1. The molecule has 0 radical (unpaired) electrons. The van der Waals surface area contributed by atoms with Crippen LogP contribution in [-0.2, 0) is 11.3 Å². The molecule has 7 heteroatoms. The third-order valence-corrected chi connectivity index (χ3v) is 6.50. The average molecular weight is 420 g/mol. The number of halogens is 1. The van der Waals surface area contributed by atoms with E-state index in [9.17, 15) is 4.79 Å². The minimum atomic E-state index is -0.100. The molecule has 2 aromatic rings. The minimum Gasteiger partial charge on any atom is -0.454 e. The van der Waals surface area contributed by atoms with Crippen LogP contribution in [0.1, 0.15) is 12.5 Å². The fourth-order valence-corrected chi connectivity index (χ4v) is 4.66. The highest BCUT2D eigenvalue weighted by atomic mass is 35.5. The molecule has 0 aromatic heterocycles. The lowest BCUT2D eigenvalue weighted by Gasteiger charge is -2.33. The molecule has 2 aliphatic rings.